The van der Waals surface area contributed by atoms with Gasteiger partial charge in [0.2, 0.25) is 18.3 Å². The Bertz CT molecular complexity index is 604. The highest BCUT2D eigenvalue weighted by Gasteiger charge is 2.30. The first-order valence-corrected chi connectivity index (χ1v) is 7.19. The van der Waals surface area contributed by atoms with Crippen molar-refractivity contribution in [2.75, 3.05) is 21.0 Å². The van der Waals surface area contributed by atoms with Crippen LogP contribution >= 0.6 is 12.2 Å². The van der Waals surface area contributed by atoms with Crippen LogP contribution in [0.1, 0.15) is 24.5 Å². The van der Waals surface area contributed by atoms with E-state index in [0.29, 0.717) is 23.0 Å². The van der Waals surface area contributed by atoms with Crippen LogP contribution < -0.4 is 30.1 Å². The molecule has 0 radical (unpaired) electrons. The van der Waals surface area contributed by atoms with Crippen LogP contribution in [-0.4, -0.2) is 32.3 Å². The van der Waals surface area contributed by atoms with E-state index in [1.54, 1.807) is 20.4 Å². The van der Waals surface area contributed by atoms with Gasteiger partial charge in [0.15, 0.2) is 16.6 Å². The Labute approximate surface area is 134 Å². The van der Waals surface area contributed by atoms with Crippen LogP contribution in [0.3, 0.4) is 0 Å². The van der Waals surface area contributed by atoms with Gasteiger partial charge >= 0.3 is 0 Å². The molecule has 0 amide bonds. The molecule has 1 heterocycles. The van der Waals surface area contributed by atoms with Crippen molar-refractivity contribution in [1.82, 2.24) is 5.43 Å². The zero-order valence-corrected chi connectivity index (χ0v) is 13.6. The van der Waals surface area contributed by atoms with Crippen molar-refractivity contribution in [3.8, 4) is 23.0 Å². The van der Waals surface area contributed by atoms with E-state index in [1.807, 2.05) is 0 Å². The third-order valence-corrected chi connectivity index (χ3v) is 3.24. The van der Waals surface area contributed by atoms with Gasteiger partial charge in [0.25, 0.3) is 0 Å². The maximum Gasteiger partial charge on any atom is 0.231 e. The molecule has 1 aromatic rings. The summed E-state index contributed by atoms with van der Waals surface area (Å²) in [5.41, 5.74) is 9.58. The Morgan fingerprint density at radius 1 is 1.32 bits per heavy atom. The second kappa shape index (κ2) is 7.17. The summed E-state index contributed by atoms with van der Waals surface area (Å²) in [4.78, 5) is 0. The monoisotopic (exact) mass is 325 g/mol. The Kier molecular flexibility index (Phi) is 5.26. The zero-order valence-electron chi connectivity index (χ0n) is 12.8. The van der Waals surface area contributed by atoms with Crippen LogP contribution in [0.5, 0.6) is 23.0 Å². The van der Waals surface area contributed by atoms with Crippen LogP contribution in [0.15, 0.2) is 5.10 Å². The van der Waals surface area contributed by atoms with E-state index in [0.717, 1.165) is 24.0 Å². The predicted octanol–water partition coefficient (Wildman–Crippen LogP) is 1.55. The summed E-state index contributed by atoms with van der Waals surface area (Å²) in [6.07, 6.45) is 3.28. The van der Waals surface area contributed by atoms with Crippen LogP contribution in [0.2, 0.25) is 0 Å². The SMILES string of the molecule is CCCc1c(C=NNC(N)=S)c(OC)c2c(c1OC)OCO2. The van der Waals surface area contributed by atoms with E-state index in [4.69, 9.17) is 36.9 Å². The molecule has 0 atom stereocenters. The fraction of sp³-hybridized carbons (Fsp3) is 0.429. The molecule has 0 spiro atoms. The van der Waals surface area contributed by atoms with Gasteiger partial charge in [-0.3, -0.25) is 5.43 Å². The smallest absolute Gasteiger partial charge is 0.231 e. The van der Waals surface area contributed by atoms with Gasteiger partial charge in [-0.2, -0.15) is 5.10 Å². The summed E-state index contributed by atoms with van der Waals surface area (Å²) >= 11 is 4.74. The first kappa shape index (κ1) is 16.2. The van der Waals surface area contributed by atoms with Crippen molar-refractivity contribution in [1.29, 1.82) is 0 Å². The number of nitrogens with two attached hydrogens (primary N) is 1. The van der Waals surface area contributed by atoms with E-state index >= 15 is 0 Å². The maximum atomic E-state index is 5.52. The van der Waals surface area contributed by atoms with Gasteiger partial charge in [-0.25, -0.2) is 0 Å². The summed E-state index contributed by atoms with van der Waals surface area (Å²) in [5.74, 6) is 2.25. The molecule has 0 unspecified atom stereocenters. The van der Waals surface area contributed by atoms with Crippen LogP contribution in [-0.2, 0) is 6.42 Å². The summed E-state index contributed by atoms with van der Waals surface area (Å²) in [6, 6.07) is 0. The van der Waals surface area contributed by atoms with E-state index in [-0.39, 0.29) is 11.9 Å². The minimum atomic E-state index is 0.0833. The summed E-state index contributed by atoms with van der Waals surface area (Å²) in [6.45, 7) is 2.20. The van der Waals surface area contributed by atoms with E-state index in [9.17, 15) is 0 Å². The molecule has 120 valence electrons. The summed E-state index contributed by atoms with van der Waals surface area (Å²) in [5, 5.41) is 4.10. The quantitative estimate of drug-likeness (QED) is 0.466. The van der Waals surface area contributed by atoms with Crippen LogP contribution in [0, 0.1) is 0 Å². The molecule has 0 fully saturated rings. The molecule has 2 rings (SSSR count). The lowest BCUT2D eigenvalue weighted by molar-refractivity contribution is 0.168. The third kappa shape index (κ3) is 3.01. The topological polar surface area (TPSA) is 87.3 Å². The van der Waals surface area contributed by atoms with Gasteiger partial charge in [-0.15, -0.1) is 0 Å². The standard InChI is InChI=1S/C14H19N3O4S/c1-4-5-8-9(6-16-17-14(15)22)11(19-3)13-12(10(8)18-2)20-7-21-13/h6H,4-5,7H2,1-3H3,(H3,15,17,22). The van der Waals surface area contributed by atoms with Gasteiger partial charge in [0.1, 0.15) is 0 Å². The first-order chi connectivity index (χ1) is 10.6. The Morgan fingerprint density at radius 2 is 1.95 bits per heavy atom. The average molecular weight is 325 g/mol. The summed E-state index contributed by atoms with van der Waals surface area (Å²) < 4.78 is 22.0. The average Bonchev–Trinajstić information content (AvgIpc) is 2.96. The van der Waals surface area contributed by atoms with Crippen molar-refractivity contribution in [3.05, 3.63) is 11.1 Å². The van der Waals surface area contributed by atoms with Gasteiger partial charge < -0.3 is 24.7 Å². The number of fused-ring (bicyclic) bond motifs is 1. The number of rotatable bonds is 6. The predicted molar refractivity (Wildman–Crippen MR) is 87.2 cm³/mol. The van der Waals surface area contributed by atoms with Crippen LogP contribution in [0.4, 0.5) is 0 Å². The molecular weight excluding hydrogens is 306 g/mol. The Morgan fingerprint density at radius 3 is 2.50 bits per heavy atom. The fourth-order valence-electron chi connectivity index (χ4n) is 2.35. The molecule has 1 aromatic carbocycles. The molecule has 0 aromatic heterocycles. The molecular formula is C14H19N3O4S. The highest BCUT2D eigenvalue weighted by atomic mass is 32.1. The zero-order chi connectivity index (χ0) is 16.1. The first-order valence-electron chi connectivity index (χ1n) is 6.78. The van der Waals surface area contributed by atoms with Gasteiger partial charge in [-0.1, -0.05) is 13.3 Å². The molecule has 0 saturated carbocycles. The lowest BCUT2D eigenvalue weighted by Gasteiger charge is -2.17. The molecule has 0 aliphatic carbocycles. The highest BCUT2D eigenvalue weighted by molar-refractivity contribution is 7.80. The highest BCUT2D eigenvalue weighted by Crippen LogP contribution is 2.51. The van der Waals surface area contributed by atoms with Crippen molar-refractivity contribution in [2.45, 2.75) is 19.8 Å². The number of nitrogens with zero attached hydrogens (tertiary/aromatic N) is 1. The number of thiocarbonyl (C=S) groups is 1. The van der Waals surface area contributed by atoms with Crippen molar-refractivity contribution in [3.63, 3.8) is 0 Å². The normalized spacial score (nSPS) is 12.5. The fourth-order valence-corrected chi connectivity index (χ4v) is 2.40. The van der Waals surface area contributed by atoms with E-state index in [1.165, 1.54) is 0 Å². The second-order valence-corrected chi connectivity index (χ2v) is 4.95. The Hall–Kier alpha value is -2.22. The maximum absolute atomic E-state index is 5.52. The number of hydrogen-bond donors (Lipinski definition) is 2. The Balaban J connectivity index is 2.61. The molecule has 0 bridgehead atoms. The number of ether oxygens (including phenoxy) is 4. The van der Waals surface area contributed by atoms with E-state index in [2.05, 4.69) is 17.5 Å². The van der Waals surface area contributed by atoms with E-state index < -0.39 is 0 Å². The molecule has 8 heteroatoms. The number of benzene rings is 1. The second-order valence-electron chi connectivity index (χ2n) is 4.51. The van der Waals surface area contributed by atoms with Gasteiger partial charge in [-0.05, 0) is 18.6 Å². The van der Waals surface area contributed by atoms with Crippen molar-refractivity contribution in [2.24, 2.45) is 10.8 Å². The van der Waals surface area contributed by atoms with Crippen molar-refractivity contribution >= 4 is 23.5 Å². The molecule has 1 aliphatic heterocycles. The number of methoxy groups -OCH3 is 2. The molecule has 3 N–H and O–H groups in total. The minimum absolute atomic E-state index is 0.0833. The number of hydrazone groups is 1. The van der Waals surface area contributed by atoms with Gasteiger partial charge in [0.05, 0.1) is 20.4 Å². The molecule has 7 nitrogen and oxygen atoms in total. The lowest BCUT2D eigenvalue weighted by atomic mass is 10.00. The molecule has 22 heavy (non-hydrogen) atoms. The lowest BCUT2D eigenvalue weighted by Crippen LogP contribution is -2.24. The van der Waals surface area contributed by atoms with Gasteiger partial charge in [0, 0.05) is 11.1 Å². The van der Waals surface area contributed by atoms with Crippen LogP contribution in [0.25, 0.3) is 0 Å². The summed E-state index contributed by atoms with van der Waals surface area (Å²) in [7, 11) is 3.16. The third-order valence-electron chi connectivity index (χ3n) is 3.15. The molecule has 1 aliphatic rings. The van der Waals surface area contributed by atoms with Crippen molar-refractivity contribution < 1.29 is 18.9 Å². The largest absolute Gasteiger partial charge is 0.492 e. The number of hydrogen-bond acceptors (Lipinski definition) is 6. The molecule has 0 saturated heterocycles. The number of nitrogens with one attached hydrogen (secondary N) is 1. The minimum Gasteiger partial charge on any atom is -0.492 e.